The number of carboxylic acid groups (broad SMARTS) is 2. The maximum atomic E-state index is 13.3. The Morgan fingerprint density at radius 3 is 1.02 bits per heavy atom. The zero-order valence-corrected chi connectivity index (χ0v) is 39.7. The molecule has 0 aliphatic carbocycles. The second kappa shape index (κ2) is 24.3. The van der Waals surface area contributed by atoms with Gasteiger partial charge >= 0.3 is 35.8 Å². The van der Waals surface area contributed by atoms with E-state index < -0.39 is 95.0 Å². The van der Waals surface area contributed by atoms with E-state index in [1.54, 1.807) is 83.1 Å². The summed E-state index contributed by atoms with van der Waals surface area (Å²) >= 11 is 0. The van der Waals surface area contributed by atoms with E-state index in [2.05, 4.69) is 10.6 Å². The fraction of sp³-hybridized carbons (Fsp3) is 0.565. The number of benzene rings is 2. The molecule has 66 heavy (non-hydrogen) atoms. The van der Waals surface area contributed by atoms with Crippen molar-refractivity contribution in [2.24, 2.45) is 0 Å². The molecule has 2 amide bonds. The van der Waals surface area contributed by atoms with Crippen molar-refractivity contribution < 1.29 is 86.5 Å². The Kier molecular flexibility index (Phi) is 20.6. The molecule has 20 nitrogen and oxygen atoms in total. The molecule has 0 aromatic heterocycles. The minimum atomic E-state index is -1.45. The van der Waals surface area contributed by atoms with E-state index in [9.17, 15) is 48.6 Å². The lowest BCUT2D eigenvalue weighted by Crippen LogP contribution is -2.46. The third-order valence-corrected chi connectivity index (χ3v) is 7.77. The van der Waals surface area contributed by atoms with E-state index in [0.717, 1.165) is 12.1 Å². The summed E-state index contributed by atoms with van der Waals surface area (Å²) in [5.74, 6) is -7.77. The van der Waals surface area contributed by atoms with Crippen LogP contribution in [0, 0.1) is 0 Å². The molecule has 0 saturated heterocycles. The summed E-state index contributed by atoms with van der Waals surface area (Å²) in [6.45, 7) is 19.7. The zero-order valence-electron chi connectivity index (χ0n) is 39.7. The summed E-state index contributed by atoms with van der Waals surface area (Å²) < 4.78 is 43.7. The first kappa shape index (κ1) is 55.9. The van der Waals surface area contributed by atoms with Crippen molar-refractivity contribution in [3.63, 3.8) is 0 Å². The first-order valence-electron chi connectivity index (χ1n) is 21.0. The van der Waals surface area contributed by atoms with Gasteiger partial charge in [-0.05, 0) is 119 Å². The topological polar surface area (TPSA) is 275 Å². The second-order valence-electron chi connectivity index (χ2n) is 18.7. The number of carbonyl (C=O) groups excluding carboxylic acids is 6. The van der Waals surface area contributed by atoms with Crippen molar-refractivity contribution in [2.75, 3.05) is 39.6 Å². The van der Waals surface area contributed by atoms with Crippen LogP contribution in [0.25, 0.3) is 0 Å². The average Bonchev–Trinajstić information content (AvgIpc) is 3.14. The Bertz CT molecular complexity index is 1910. The molecule has 4 N–H and O–H groups in total. The van der Waals surface area contributed by atoms with Gasteiger partial charge in [-0.3, -0.25) is 19.2 Å². The lowest BCUT2D eigenvalue weighted by atomic mass is 10.1. The first-order chi connectivity index (χ1) is 30.3. The van der Waals surface area contributed by atoms with Crippen molar-refractivity contribution in [1.82, 2.24) is 10.6 Å². The highest BCUT2D eigenvalue weighted by Crippen LogP contribution is 2.21. The van der Waals surface area contributed by atoms with Crippen LogP contribution in [0.5, 0.6) is 11.5 Å². The number of esters is 4. The van der Waals surface area contributed by atoms with Crippen molar-refractivity contribution in [1.29, 1.82) is 0 Å². The van der Waals surface area contributed by atoms with E-state index in [4.69, 9.17) is 37.9 Å². The number of aromatic carboxylic acids is 2. The maximum absolute atomic E-state index is 13.3. The van der Waals surface area contributed by atoms with Gasteiger partial charge in [0, 0.05) is 11.1 Å². The van der Waals surface area contributed by atoms with Crippen molar-refractivity contribution >= 4 is 47.6 Å². The van der Waals surface area contributed by atoms with Crippen LogP contribution in [0.3, 0.4) is 0 Å². The Labute approximate surface area is 384 Å². The molecule has 0 unspecified atom stereocenters. The van der Waals surface area contributed by atoms with Gasteiger partial charge in [-0.15, -0.1) is 0 Å². The molecule has 20 heteroatoms. The van der Waals surface area contributed by atoms with Crippen LogP contribution in [0.15, 0.2) is 36.4 Å². The highest BCUT2D eigenvalue weighted by atomic mass is 16.6. The summed E-state index contributed by atoms with van der Waals surface area (Å²) in [6, 6.07) is 4.19. The normalized spacial score (nSPS) is 12.7. The molecular formula is C46H64N2O18. The van der Waals surface area contributed by atoms with Gasteiger partial charge in [-0.1, -0.05) is 0 Å². The van der Waals surface area contributed by atoms with Gasteiger partial charge in [-0.25, -0.2) is 19.2 Å². The average molecular weight is 933 g/mol. The number of hydrogen-bond donors (Lipinski definition) is 4. The molecule has 0 radical (unpaired) electrons. The summed E-state index contributed by atoms with van der Waals surface area (Å²) in [7, 11) is 0. The van der Waals surface area contributed by atoms with Crippen molar-refractivity contribution in [3.05, 3.63) is 58.7 Å². The lowest BCUT2D eigenvalue weighted by Gasteiger charge is -2.25. The molecule has 0 bridgehead atoms. The van der Waals surface area contributed by atoms with E-state index >= 15 is 0 Å². The van der Waals surface area contributed by atoms with Crippen molar-refractivity contribution in [3.8, 4) is 11.5 Å². The van der Waals surface area contributed by atoms with Gasteiger partial charge in [0.15, 0.2) is 0 Å². The quantitative estimate of drug-likeness (QED) is 0.0654. The molecular weight excluding hydrogens is 869 g/mol. The molecule has 2 aromatic carbocycles. The van der Waals surface area contributed by atoms with Crippen LogP contribution in [0.1, 0.15) is 137 Å². The Morgan fingerprint density at radius 1 is 0.439 bits per heavy atom. The SMILES string of the molecule is CC(C)(C)OC(=O)C[C@H](NC(=O)c1cc(OCCOCCOCCOc2cc(C(=O)O)cc(C(=O)N[C@@H](CC(=O)OC(C)(C)C)C(=O)OC(C)(C)C)c2)cc(C(=O)O)c1)C(=O)OC(C)(C)C. The predicted octanol–water partition coefficient (Wildman–Crippen LogP) is 4.92. The molecule has 2 rings (SSSR count). The third-order valence-electron chi connectivity index (χ3n) is 7.77. The molecule has 0 aliphatic rings. The number of rotatable bonds is 23. The van der Waals surface area contributed by atoms with E-state index in [0.29, 0.717) is 0 Å². The lowest BCUT2D eigenvalue weighted by molar-refractivity contribution is -0.164. The molecule has 2 aromatic rings. The van der Waals surface area contributed by atoms with Gasteiger partial charge in [0.1, 0.15) is 59.2 Å². The standard InChI is InChI=1S/C46H64N2O18/c1-43(2,3)63-35(49)25-33(41(57)65-45(7,8)9)47-37(51)27-19-29(39(53)54)23-31(21-27)61-17-15-59-13-14-60-16-18-62-32-22-28(20-30(24-32)40(55)56)38(52)48-34(42(58)66-46(10,11)12)26-36(50)64-44(4,5)6/h19-24,33-34H,13-18,25-26H2,1-12H3,(H,47,51)(H,48,52)(H,53,54)(H,55,56)/t33-,34-/m0/s1. The van der Waals surface area contributed by atoms with Crippen LogP contribution in [0.4, 0.5) is 0 Å². The number of carboxylic acids is 2. The second-order valence-corrected chi connectivity index (χ2v) is 18.7. The molecule has 0 heterocycles. The van der Waals surface area contributed by atoms with Gasteiger partial charge in [0.25, 0.3) is 11.8 Å². The minimum Gasteiger partial charge on any atom is -0.491 e. The number of amides is 2. The van der Waals surface area contributed by atoms with Crippen LogP contribution in [0.2, 0.25) is 0 Å². The first-order valence-corrected chi connectivity index (χ1v) is 21.0. The molecule has 2 atom stereocenters. The number of carbonyl (C=O) groups is 8. The van der Waals surface area contributed by atoms with Gasteiger partial charge in [-0.2, -0.15) is 0 Å². The predicted molar refractivity (Wildman–Crippen MR) is 235 cm³/mol. The molecule has 0 saturated carbocycles. The fourth-order valence-corrected chi connectivity index (χ4v) is 5.35. The largest absolute Gasteiger partial charge is 0.491 e. The van der Waals surface area contributed by atoms with Crippen LogP contribution >= 0.6 is 0 Å². The summed E-state index contributed by atoms with van der Waals surface area (Å²) in [5, 5.41) is 24.3. The zero-order chi connectivity index (χ0) is 50.2. The van der Waals surface area contributed by atoms with Gasteiger partial charge < -0.3 is 58.7 Å². The fourth-order valence-electron chi connectivity index (χ4n) is 5.35. The number of ether oxygens (including phenoxy) is 8. The Hall–Kier alpha value is -6.28. The highest BCUT2D eigenvalue weighted by Gasteiger charge is 2.33. The Morgan fingerprint density at radius 2 is 0.727 bits per heavy atom. The molecule has 0 aliphatic heterocycles. The van der Waals surface area contributed by atoms with E-state index in [-0.39, 0.29) is 73.4 Å². The smallest absolute Gasteiger partial charge is 0.335 e. The summed E-state index contributed by atoms with van der Waals surface area (Å²) in [6.07, 6.45) is -1.09. The van der Waals surface area contributed by atoms with Crippen LogP contribution in [-0.2, 0) is 47.6 Å². The maximum Gasteiger partial charge on any atom is 0.335 e. The molecule has 366 valence electrons. The summed E-state index contributed by atoms with van der Waals surface area (Å²) in [5.41, 5.74) is -4.53. The third kappa shape index (κ3) is 22.6. The van der Waals surface area contributed by atoms with E-state index in [1.165, 1.54) is 24.3 Å². The Balaban J connectivity index is 1.97. The van der Waals surface area contributed by atoms with Gasteiger partial charge in [0.2, 0.25) is 0 Å². The molecule has 0 spiro atoms. The number of hydrogen-bond acceptors (Lipinski definition) is 16. The number of nitrogens with one attached hydrogen (secondary N) is 2. The highest BCUT2D eigenvalue weighted by molar-refractivity contribution is 6.01. The summed E-state index contributed by atoms with van der Waals surface area (Å²) in [4.78, 5) is 102. The molecule has 0 fully saturated rings. The van der Waals surface area contributed by atoms with Crippen molar-refractivity contribution in [2.45, 2.75) is 130 Å². The monoisotopic (exact) mass is 932 g/mol. The van der Waals surface area contributed by atoms with Crippen LogP contribution in [-0.4, -0.2) is 132 Å². The minimum absolute atomic E-state index is 0.00859. The van der Waals surface area contributed by atoms with E-state index in [1.807, 2.05) is 0 Å². The van der Waals surface area contributed by atoms with Gasteiger partial charge in [0.05, 0.1) is 50.4 Å². The van der Waals surface area contributed by atoms with Crippen LogP contribution < -0.4 is 20.1 Å².